The molecular weight excluding hydrogens is 443 g/mol. The van der Waals surface area contributed by atoms with Crippen LogP contribution in [-0.2, 0) is 16.0 Å². The zero-order chi connectivity index (χ0) is 20.3. The predicted molar refractivity (Wildman–Crippen MR) is 111 cm³/mol. The Bertz CT molecular complexity index is 854. The Hall–Kier alpha value is -1.93. The highest BCUT2D eigenvalue weighted by Crippen LogP contribution is 2.35. The standard InChI is InChI=1S/C19H20Cl2N2O5.ClH/c1-26-16-4-3-11(5-18(16)27-2)17(28-19(24)12-7-22-8-12)6-13-14(20)9-23(25)10-15(13)21;/h3-5,9-10,12,17,22H,6-8H2,1-2H3;1H/t17-;/m0./s1. The summed E-state index contributed by atoms with van der Waals surface area (Å²) < 4.78 is 16.9. The first-order valence-electron chi connectivity index (χ1n) is 8.62. The van der Waals surface area contributed by atoms with Crippen molar-refractivity contribution in [2.75, 3.05) is 27.3 Å². The van der Waals surface area contributed by atoms with Gasteiger partial charge in [-0.2, -0.15) is 4.73 Å². The lowest BCUT2D eigenvalue weighted by Crippen LogP contribution is -2.47. The van der Waals surface area contributed by atoms with E-state index < -0.39 is 6.10 Å². The fourth-order valence-corrected chi connectivity index (χ4v) is 3.48. The zero-order valence-corrected chi connectivity index (χ0v) is 18.1. The summed E-state index contributed by atoms with van der Waals surface area (Å²) in [6.45, 7) is 1.17. The first-order valence-corrected chi connectivity index (χ1v) is 9.38. The molecule has 2 aromatic rings. The van der Waals surface area contributed by atoms with E-state index in [4.69, 9.17) is 37.4 Å². The molecular formula is C19H21Cl3N2O5. The van der Waals surface area contributed by atoms with Gasteiger partial charge in [0.1, 0.15) is 16.1 Å². The Labute approximate surface area is 184 Å². The minimum absolute atomic E-state index is 0. The fraction of sp³-hybridized carbons (Fsp3) is 0.368. The number of hydrogen-bond acceptors (Lipinski definition) is 6. The molecule has 7 nitrogen and oxygen atoms in total. The van der Waals surface area contributed by atoms with Crippen molar-refractivity contribution in [1.29, 1.82) is 0 Å². The summed E-state index contributed by atoms with van der Waals surface area (Å²) in [5, 5.41) is 15.0. The van der Waals surface area contributed by atoms with E-state index in [-0.39, 0.29) is 40.8 Å². The lowest BCUT2D eigenvalue weighted by atomic mass is 10.00. The quantitative estimate of drug-likeness (QED) is 0.386. The molecule has 0 saturated carbocycles. The van der Waals surface area contributed by atoms with Crippen molar-refractivity contribution in [3.8, 4) is 11.5 Å². The van der Waals surface area contributed by atoms with Crippen molar-refractivity contribution in [2.24, 2.45) is 5.92 Å². The number of ether oxygens (including phenoxy) is 3. The number of halogens is 3. The third kappa shape index (κ3) is 5.36. The molecule has 1 N–H and O–H groups in total. The third-order valence-electron chi connectivity index (χ3n) is 4.60. The second-order valence-electron chi connectivity index (χ2n) is 6.39. The number of carbonyl (C=O) groups excluding carboxylic acids is 1. The molecule has 1 aromatic heterocycles. The van der Waals surface area contributed by atoms with E-state index in [1.54, 1.807) is 25.3 Å². The van der Waals surface area contributed by atoms with Gasteiger partial charge in [-0.3, -0.25) is 4.79 Å². The van der Waals surface area contributed by atoms with Crippen LogP contribution in [0.5, 0.6) is 11.5 Å². The molecule has 1 atom stereocenters. The number of aromatic nitrogens is 1. The van der Waals surface area contributed by atoms with Gasteiger partial charge in [0.05, 0.1) is 20.1 Å². The molecule has 1 aromatic carbocycles. The van der Waals surface area contributed by atoms with Crippen molar-refractivity contribution in [1.82, 2.24) is 5.32 Å². The number of carbonyl (C=O) groups is 1. The maximum absolute atomic E-state index is 12.5. The topological polar surface area (TPSA) is 83.7 Å². The van der Waals surface area contributed by atoms with Crippen LogP contribution in [0.4, 0.5) is 0 Å². The van der Waals surface area contributed by atoms with E-state index in [9.17, 15) is 10.0 Å². The number of rotatable bonds is 7. The Balaban J connectivity index is 0.00000300. The molecule has 2 heterocycles. The van der Waals surface area contributed by atoms with Crippen LogP contribution >= 0.6 is 35.6 Å². The van der Waals surface area contributed by atoms with Crippen LogP contribution in [-0.4, -0.2) is 33.3 Å². The molecule has 1 aliphatic rings. The number of hydrogen-bond donors (Lipinski definition) is 1. The molecule has 0 amide bonds. The largest absolute Gasteiger partial charge is 0.619 e. The van der Waals surface area contributed by atoms with Gasteiger partial charge in [0.15, 0.2) is 23.9 Å². The van der Waals surface area contributed by atoms with Gasteiger partial charge >= 0.3 is 5.97 Å². The van der Waals surface area contributed by atoms with E-state index in [0.717, 1.165) is 0 Å². The molecule has 3 rings (SSSR count). The lowest BCUT2D eigenvalue weighted by molar-refractivity contribution is -0.605. The van der Waals surface area contributed by atoms with Crippen LogP contribution in [0.15, 0.2) is 30.6 Å². The van der Waals surface area contributed by atoms with Crippen LogP contribution in [0.25, 0.3) is 0 Å². The first kappa shape index (κ1) is 23.3. The molecule has 1 saturated heterocycles. The van der Waals surface area contributed by atoms with Gasteiger partial charge < -0.3 is 24.7 Å². The van der Waals surface area contributed by atoms with Crippen molar-refractivity contribution in [2.45, 2.75) is 12.5 Å². The minimum atomic E-state index is -0.662. The van der Waals surface area contributed by atoms with Gasteiger partial charge in [0.2, 0.25) is 0 Å². The molecule has 10 heteroatoms. The molecule has 0 bridgehead atoms. The lowest BCUT2D eigenvalue weighted by Gasteiger charge is -2.28. The van der Waals surface area contributed by atoms with Gasteiger partial charge in [-0.05, 0) is 17.7 Å². The molecule has 0 radical (unpaired) electrons. The van der Waals surface area contributed by atoms with Crippen LogP contribution in [0.1, 0.15) is 17.2 Å². The van der Waals surface area contributed by atoms with Crippen molar-refractivity contribution < 1.29 is 23.7 Å². The number of methoxy groups -OCH3 is 2. The first-order chi connectivity index (χ1) is 13.4. The second kappa shape index (κ2) is 10.2. The Kier molecular flexibility index (Phi) is 8.22. The fourth-order valence-electron chi connectivity index (χ4n) is 2.88. The predicted octanol–water partition coefficient (Wildman–Crippen LogP) is 3.11. The summed E-state index contributed by atoms with van der Waals surface area (Å²) >= 11 is 12.4. The van der Waals surface area contributed by atoms with Crippen LogP contribution < -0.4 is 19.5 Å². The van der Waals surface area contributed by atoms with Crippen LogP contribution in [0.3, 0.4) is 0 Å². The zero-order valence-electron chi connectivity index (χ0n) is 15.8. The van der Waals surface area contributed by atoms with Gasteiger partial charge in [-0.25, -0.2) is 0 Å². The van der Waals surface area contributed by atoms with E-state index in [0.29, 0.717) is 40.4 Å². The highest BCUT2D eigenvalue weighted by molar-refractivity contribution is 6.35. The molecule has 0 unspecified atom stereocenters. The number of nitrogens with zero attached hydrogens (tertiary/aromatic N) is 1. The average Bonchev–Trinajstić information content (AvgIpc) is 2.61. The van der Waals surface area contributed by atoms with Crippen molar-refractivity contribution in [3.05, 3.63) is 57.0 Å². The summed E-state index contributed by atoms with van der Waals surface area (Å²) in [6.07, 6.45) is 1.98. The Morgan fingerprint density at radius 3 is 2.34 bits per heavy atom. The summed E-state index contributed by atoms with van der Waals surface area (Å²) in [4.78, 5) is 12.5. The van der Waals surface area contributed by atoms with Crippen molar-refractivity contribution in [3.63, 3.8) is 0 Å². The maximum Gasteiger partial charge on any atom is 0.312 e. The highest BCUT2D eigenvalue weighted by atomic mass is 35.5. The summed E-state index contributed by atoms with van der Waals surface area (Å²) in [7, 11) is 3.07. The van der Waals surface area contributed by atoms with E-state index in [2.05, 4.69) is 5.32 Å². The number of pyridine rings is 1. The molecule has 0 aliphatic carbocycles. The molecule has 1 fully saturated rings. The normalized spacial score (nSPS) is 14.3. The minimum Gasteiger partial charge on any atom is -0.619 e. The SMILES string of the molecule is COc1ccc([C@H](Cc2c(Cl)c[n+]([O-])cc2Cl)OC(=O)C2CNC2)cc1OC.Cl. The van der Waals surface area contributed by atoms with Gasteiger partial charge in [0, 0.05) is 25.1 Å². The summed E-state index contributed by atoms with van der Waals surface area (Å²) in [6, 6.07) is 5.27. The highest BCUT2D eigenvalue weighted by Gasteiger charge is 2.30. The maximum atomic E-state index is 12.5. The molecule has 1 aliphatic heterocycles. The van der Waals surface area contributed by atoms with Gasteiger partial charge in [0.25, 0.3) is 0 Å². The molecule has 29 heavy (non-hydrogen) atoms. The van der Waals surface area contributed by atoms with E-state index in [1.165, 1.54) is 19.5 Å². The van der Waals surface area contributed by atoms with E-state index >= 15 is 0 Å². The van der Waals surface area contributed by atoms with Crippen LogP contribution in [0, 0.1) is 11.1 Å². The number of benzene rings is 1. The second-order valence-corrected chi connectivity index (χ2v) is 7.21. The van der Waals surface area contributed by atoms with Crippen molar-refractivity contribution >= 4 is 41.6 Å². The monoisotopic (exact) mass is 462 g/mol. The molecule has 158 valence electrons. The third-order valence-corrected chi connectivity index (χ3v) is 5.25. The van der Waals surface area contributed by atoms with Gasteiger partial charge in [-0.1, -0.05) is 29.3 Å². The number of nitrogens with one attached hydrogen (secondary N) is 1. The van der Waals surface area contributed by atoms with Gasteiger partial charge in [-0.15, -0.1) is 12.4 Å². The molecule has 0 spiro atoms. The summed E-state index contributed by atoms with van der Waals surface area (Å²) in [5.41, 5.74) is 1.22. The summed E-state index contributed by atoms with van der Waals surface area (Å²) in [5.74, 6) is 0.575. The number of esters is 1. The Morgan fingerprint density at radius 1 is 1.21 bits per heavy atom. The van der Waals surface area contributed by atoms with E-state index in [1.807, 2.05) is 0 Å². The smallest absolute Gasteiger partial charge is 0.312 e. The Morgan fingerprint density at radius 2 is 1.83 bits per heavy atom. The van der Waals surface area contributed by atoms with Crippen LogP contribution in [0.2, 0.25) is 10.0 Å². The average molecular weight is 464 g/mol.